The van der Waals surface area contributed by atoms with Gasteiger partial charge in [-0.05, 0) is 37.1 Å². The number of carbonyl (C=O) groups excluding carboxylic acids is 1. The average Bonchev–Trinajstić information content (AvgIpc) is 3.40. The third-order valence-corrected chi connectivity index (χ3v) is 4.52. The molecule has 0 atom stereocenters. The number of carbonyl (C=O) groups is 1. The van der Waals surface area contributed by atoms with Gasteiger partial charge in [0.25, 0.3) is 11.6 Å². The third kappa shape index (κ3) is 3.43. The molecule has 2 heterocycles. The van der Waals surface area contributed by atoms with E-state index in [4.69, 9.17) is 0 Å². The minimum Gasteiger partial charge on any atom is -0.361 e. The van der Waals surface area contributed by atoms with Gasteiger partial charge < -0.3 is 10.2 Å². The van der Waals surface area contributed by atoms with Crippen LogP contribution in [-0.4, -0.2) is 38.5 Å². The lowest BCUT2D eigenvalue weighted by atomic mass is 10.1. The normalized spacial score (nSPS) is 13.5. The van der Waals surface area contributed by atoms with Crippen molar-refractivity contribution in [3.8, 4) is 0 Å². The van der Waals surface area contributed by atoms with Crippen molar-refractivity contribution < 1.29 is 9.72 Å². The molecule has 0 spiro atoms. The first-order valence-corrected chi connectivity index (χ1v) is 8.62. The van der Waals surface area contributed by atoms with E-state index in [1.165, 1.54) is 6.07 Å². The maximum atomic E-state index is 12.2. The Morgan fingerprint density at radius 2 is 2.15 bits per heavy atom. The van der Waals surface area contributed by atoms with Crippen molar-refractivity contribution in [2.24, 2.45) is 0 Å². The second-order valence-electron chi connectivity index (χ2n) is 6.61. The fraction of sp³-hybridized carbons (Fsp3) is 0.278. The molecule has 0 radical (unpaired) electrons. The van der Waals surface area contributed by atoms with Crippen LogP contribution in [0.3, 0.4) is 0 Å². The lowest BCUT2D eigenvalue weighted by molar-refractivity contribution is -0.384. The summed E-state index contributed by atoms with van der Waals surface area (Å²) in [6.45, 7) is 0.333. The number of benzene rings is 1. The Morgan fingerprint density at radius 1 is 1.33 bits per heavy atom. The van der Waals surface area contributed by atoms with E-state index in [1.807, 2.05) is 28.8 Å². The van der Waals surface area contributed by atoms with Gasteiger partial charge in [0.2, 0.25) is 0 Å². The monoisotopic (exact) mass is 366 g/mol. The number of hydrogen-bond donors (Lipinski definition) is 1. The van der Waals surface area contributed by atoms with Crippen molar-refractivity contribution in [3.05, 3.63) is 64.1 Å². The molecule has 1 aromatic carbocycles. The molecule has 1 aliphatic rings. The van der Waals surface area contributed by atoms with Crippen LogP contribution >= 0.6 is 0 Å². The van der Waals surface area contributed by atoms with Crippen LogP contribution in [0.25, 0.3) is 5.65 Å². The Kier molecular flexibility index (Phi) is 4.19. The lowest BCUT2D eigenvalue weighted by Gasteiger charge is -2.18. The van der Waals surface area contributed by atoms with Crippen LogP contribution in [0.1, 0.15) is 29.0 Å². The number of nitrogens with one attached hydrogen (secondary N) is 1. The van der Waals surface area contributed by atoms with Crippen molar-refractivity contribution in [2.45, 2.75) is 25.4 Å². The minimum absolute atomic E-state index is 0.116. The van der Waals surface area contributed by atoms with Gasteiger partial charge in [-0.3, -0.25) is 19.3 Å². The highest BCUT2D eigenvalue weighted by atomic mass is 16.6. The van der Waals surface area contributed by atoms with Crippen LogP contribution in [0.5, 0.6) is 0 Å². The van der Waals surface area contributed by atoms with Crippen LogP contribution in [0.15, 0.2) is 42.6 Å². The molecule has 9 nitrogen and oxygen atoms in total. The summed E-state index contributed by atoms with van der Waals surface area (Å²) in [5.41, 5.74) is 1.30. The summed E-state index contributed by atoms with van der Waals surface area (Å²) in [6, 6.07) is 10.3. The molecular weight excluding hydrogens is 348 g/mol. The van der Waals surface area contributed by atoms with E-state index in [0.717, 1.165) is 12.8 Å². The number of pyridine rings is 1. The lowest BCUT2D eigenvalue weighted by Crippen LogP contribution is -2.25. The molecule has 0 unspecified atom stereocenters. The summed E-state index contributed by atoms with van der Waals surface area (Å²) in [7, 11) is 1.75. The van der Waals surface area contributed by atoms with Crippen LogP contribution in [0, 0.1) is 10.1 Å². The first-order chi connectivity index (χ1) is 13.0. The molecular formula is C18H18N6O3. The number of amides is 1. The Balaban J connectivity index is 1.61. The number of aromatic nitrogens is 3. The van der Waals surface area contributed by atoms with Gasteiger partial charge in [0, 0.05) is 30.9 Å². The van der Waals surface area contributed by atoms with Crippen LogP contribution < -0.4 is 10.2 Å². The quantitative estimate of drug-likeness (QED) is 0.529. The predicted octanol–water partition coefficient (Wildman–Crippen LogP) is 2.17. The zero-order chi connectivity index (χ0) is 19.0. The van der Waals surface area contributed by atoms with E-state index in [0.29, 0.717) is 29.3 Å². The van der Waals surface area contributed by atoms with Crippen molar-refractivity contribution >= 4 is 22.9 Å². The molecule has 0 aliphatic heterocycles. The summed E-state index contributed by atoms with van der Waals surface area (Å²) in [5.74, 6) is 0.385. The van der Waals surface area contributed by atoms with E-state index in [-0.39, 0.29) is 17.6 Å². The van der Waals surface area contributed by atoms with Gasteiger partial charge in [0.15, 0.2) is 11.5 Å². The zero-order valence-electron chi connectivity index (χ0n) is 14.7. The van der Waals surface area contributed by atoms with Gasteiger partial charge in [-0.25, -0.2) is 0 Å². The van der Waals surface area contributed by atoms with Crippen molar-refractivity contribution in [2.75, 3.05) is 11.9 Å². The summed E-state index contributed by atoms with van der Waals surface area (Å²) in [4.78, 5) is 25.0. The van der Waals surface area contributed by atoms with Crippen LogP contribution in [-0.2, 0) is 6.54 Å². The third-order valence-electron chi connectivity index (χ3n) is 4.52. The molecule has 1 fully saturated rings. The number of hydrogen-bond acceptors (Lipinski definition) is 6. The Labute approximate surface area is 154 Å². The maximum absolute atomic E-state index is 12.2. The second kappa shape index (κ2) is 6.67. The fourth-order valence-electron chi connectivity index (χ4n) is 2.93. The molecule has 0 saturated heterocycles. The fourth-order valence-corrected chi connectivity index (χ4v) is 2.93. The maximum Gasteiger partial charge on any atom is 0.293 e. The summed E-state index contributed by atoms with van der Waals surface area (Å²) in [6.07, 6.45) is 3.76. The van der Waals surface area contributed by atoms with Crippen LogP contribution in [0.4, 0.5) is 11.4 Å². The largest absolute Gasteiger partial charge is 0.361 e. The second-order valence-corrected chi connectivity index (χ2v) is 6.61. The van der Waals surface area contributed by atoms with Gasteiger partial charge in [0.1, 0.15) is 5.69 Å². The number of nitrogens with zero attached hydrogens (tertiary/aromatic N) is 5. The number of rotatable bonds is 6. The topological polar surface area (TPSA) is 106 Å². The Hall–Kier alpha value is -3.49. The predicted molar refractivity (Wildman–Crippen MR) is 98.7 cm³/mol. The Morgan fingerprint density at radius 3 is 2.89 bits per heavy atom. The molecule has 27 heavy (non-hydrogen) atoms. The van der Waals surface area contributed by atoms with Gasteiger partial charge >= 0.3 is 0 Å². The Bertz CT molecular complexity index is 1030. The smallest absolute Gasteiger partial charge is 0.293 e. The number of nitro groups is 1. The highest BCUT2D eigenvalue weighted by Crippen LogP contribution is 2.30. The molecule has 3 aromatic rings. The summed E-state index contributed by atoms with van der Waals surface area (Å²) < 4.78 is 1.83. The molecule has 9 heteroatoms. The van der Waals surface area contributed by atoms with Gasteiger partial charge in [-0.2, -0.15) is 0 Å². The molecule has 1 aliphatic carbocycles. The number of fused-ring (bicyclic) bond motifs is 1. The highest BCUT2D eigenvalue weighted by Gasteiger charge is 2.26. The molecule has 1 N–H and O–H groups in total. The average molecular weight is 366 g/mol. The first-order valence-electron chi connectivity index (χ1n) is 8.62. The molecule has 2 aromatic heterocycles. The molecule has 1 amide bonds. The van der Waals surface area contributed by atoms with E-state index < -0.39 is 4.92 Å². The molecule has 0 bridgehead atoms. The van der Waals surface area contributed by atoms with Gasteiger partial charge in [-0.15, -0.1) is 10.2 Å². The van der Waals surface area contributed by atoms with Crippen LogP contribution in [0.2, 0.25) is 0 Å². The van der Waals surface area contributed by atoms with Gasteiger partial charge in [0.05, 0.1) is 11.5 Å². The minimum atomic E-state index is -0.471. The van der Waals surface area contributed by atoms with E-state index >= 15 is 0 Å². The molecule has 4 rings (SSSR count). The zero-order valence-corrected chi connectivity index (χ0v) is 14.7. The SMILES string of the molecule is CN(Cc1nnc2ccccn12)c1ccc(C(=O)NC2CC2)cc1[N+](=O)[O-]. The number of nitro benzene ring substituents is 1. The first kappa shape index (κ1) is 17.0. The molecule has 1 saturated carbocycles. The molecule has 138 valence electrons. The van der Waals surface area contributed by atoms with Crippen molar-refractivity contribution in [1.29, 1.82) is 0 Å². The van der Waals surface area contributed by atoms with Crippen molar-refractivity contribution in [1.82, 2.24) is 19.9 Å². The van der Waals surface area contributed by atoms with Gasteiger partial charge in [-0.1, -0.05) is 6.07 Å². The number of anilines is 1. The standard InChI is InChI=1S/C18H18N6O3/c1-22(11-17-21-20-16-4-2-3-9-23(16)17)14-8-5-12(10-15(14)24(26)27)18(25)19-13-6-7-13/h2-5,8-10,13H,6-7,11H2,1H3,(H,19,25). The summed E-state index contributed by atoms with van der Waals surface area (Å²) >= 11 is 0. The van der Waals surface area contributed by atoms with E-state index in [2.05, 4.69) is 15.5 Å². The highest BCUT2D eigenvalue weighted by molar-refractivity contribution is 5.96. The van der Waals surface area contributed by atoms with Crippen molar-refractivity contribution in [3.63, 3.8) is 0 Å². The van der Waals surface area contributed by atoms with E-state index in [9.17, 15) is 14.9 Å². The summed E-state index contributed by atoms with van der Waals surface area (Å²) in [5, 5.41) is 22.7. The van der Waals surface area contributed by atoms with E-state index in [1.54, 1.807) is 24.1 Å².